The number of hydrogen-bond donors (Lipinski definition) is 3. The van der Waals surface area contributed by atoms with Gasteiger partial charge >= 0.3 is 7.60 Å². The summed E-state index contributed by atoms with van der Waals surface area (Å²) in [4.78, 5) is 22.1. The van der Waals surface area contributed by atoms with Crippen molar-refractivity contribution in [3.8, 4) is 0 Å². The first-order valence-electron chi connectivity index (χ1n) is 8.74. The standard InChI is InChI=1S/C15H27N6O6P/c1-3-25-8-11(26-10-28(22,23)27-6-4-5-24-2)7-21-9-18-12-13(16)19-15(17)20-14(12)21/h9,11H,3-8,10H2,1-2H3,(H,22,23)(H4,16,17,19,20). The fraction of sp³-hybridized carbons (Fsp3) is 0.667. The highest BCUT2D eigenvalue weighted by Gasteiger charge is 2.23. The fourth-order valence-electron chi connectivity index (χ4n) is 2.39. The minimum Gasteiger partial charge on any atom is -0.385 e. The summed E-state index contributed by atoms with van der Waals surface area (Å²) in [6.45, 7) is 3.31. The van der Waals surface area contributed by atoms with Crippen LogP contribution in [0.1, 0.15) is 13.3 Å². The maximum atomic E-state index is 12.1. The van der Waals surface area contributed by atoms with Gasteiger partial charge in [-0.25, -0.2) is 4.98 Å². The molecule has 2 atom stereocenters. The number of rotatable bonds is 13. The Bertz CT molecular complexity index is 803. The minimum absolute atomic E-state index is 0.0262. The largest absolute Gasteiger partial charge is 0.385 e. The average molecular weight is 418 g/mol. The lowest BCUT2D eigenvalue weighted by molar-refractivity contribution is -0.00976. The van der Waals surface area contributed by atoms with E-state index >= 15 is 0 Å². The molecule has 2 heterocycles. The molecule has 0 bridgehead atoms. The fourth-order valence-corrected chi connectivity index (χ4v) is 3.27. The molecule has 0 aliphatic heterocycles. The maximum absolute atomic E-state index is 12.1. The number of nitrogens with two attached hydrogens (primary N) is 2. The molecule has 28 heavy (non-hydrogen) atoms. The van der Waals surface area contributed by atoms with Crippen molar-refractivity contribution < 1.29 is 28.2 Å². The van der Waals surface area contributed by atoms with Crippen LogP contribution in [0.25, 0.3) is 11.2 Å². The van der Waals surface area contributed by atoms with E-state index in [4.69, 9.17) is 30.2 Å². The summed E-state index contributed by atoms with van der Waals surface area (Å²) in [5, 5.41) is 0. The van der Waals surface area contributed by atoms with Crippen LogP contribution in [0.5, 0.6) is 0 Å². The summed E-state index contributed by atoms with van der Waals surface area (Å²) in [5.74, 6) is 0.200. The van der Waals surface area contributed by atoms with E-state index in [1.165, 1.54) is 6.33 Å². The van der Waals surface area contributed by atoms with E-state index in [1.54, 1.807) is 11.7 Å². The first-order valence-corrected chi connectivity index (χ1v) is 10.5. The molecule has 0 spiro atoms. The van der Waals surface area contributed by atoms with Gasteiger partial charge in [0, 0.05) is 20.3 Å². The molecule has 0 saturated heterocycles. The molecule has 0 aliphatic carbocycles. The number of ether oxygens (including phenoxy) is 3. The van der Waals surface area contributed by atoms with Crippen LogP contribution in [0, 0.1) is 0 Å². The molecule has 2 rings (SSSR count). The van der Waals surface area contributed by atoms with Crippen LogP contribution < -0.4 is 11.5 Å². The second kappa shape index (κ2) is 10.6. The Morgan fingerprint density at radius 1 is 1.32 bits per heavy atom. The van der Waals surface area contributed by atoms with E-state index in [1.807, 2.05) is 6.92 Å². The Hall–Kier alpha value is -1.82. The second-order valence-corrected chi connectivity index (χ2v) is 7.72. The van der Waals surface area contributed by atoms with E-state index in [0.29, 0.717) is 30.8 Å². The molecule has 13 heteroatoms. The number of aromatic nitrogens is 4. The van der Waals surface area contributed by atoms with Crippen LogP contribution in [-0.4, -0.2) is 70.4 Å². The molecular formula is C15H27N6O6P. The maximum Gasteiger partial charge on any atom is 0.353 e. The minimum atomic E-state index is -3.90. The van der Waals surface area contributed by atoms with Gasteiger partial charge in [-0.15, -0.1) is 0 Å². The van der Waals surface area contributed by atoms with Crippen molar-refractivity contribution in [3.63, 3.8) is 0 Å². The Balaban J connectivity index is 2.03. The van der Waals surface area contributed by atoms with Crippen molar-refractivity contribution in [1.82, 2.24) is 19.5 Å². The third kappa shape index (κ3) is 6.66. The van der Waals surface area contributed by atoms with Crippen LogP contribution >= 0.6 is 7.60 Å². The molecule has 0 saturated carbocycles. The average Bonchev–Trinajstić information content (AvgIpc) is 3.04. The molecule has 2 aromatic rings. The van der Waals surface area contributed by atoms with Crippen molar-refractivity contribution in [2.75, 3.05) is 51.4 Å². The molecule has 0 fully saturated rings. The van der Waals surface area contributed by atoms with E-state index < -0.39 is 20.0 Å². The number of imidazole rings is 1. The van der Waals surface area contributed by atoms with Gasteiger partial charge in [0.05, 0.1) is 32.2 Å². The molecule has 158 valence electrons. The van der Waals surface area contributed by atoms with Gasteiger partial charge in [-0.05, 0) is 13.3 Å². The van der Waals surface area contributed by atoms with Crippen molar-refractivity contribution >= 4 is 30.5 Å². The van der Waals surface area contributed by atoms with Crippen LogP contribution in [0.2, 0.25) is 0 Å². The molecule has 5 N–H and O–H groups in total. The first kappa shape index (κ1) is 22.5. The number of nitrogen functional groups attached to an aromatic ring is 2. The predicted octanol–water partition coefficient (Wildman–Crippen LogP) is 0.608. The molecule has 12 nitrogen and oxygen atoms in total. The van der Waals surface area contributed by atoms with E-state index in [2.05, 4.69) is 15.0 Å². The monoisotopic (exact) mass is 418 g/mol. The molecule has 0 radical (unpaired) electrons. The zero-order valence-corrected chi connectivity index (χ0v) is 16.9. The van der Waals surface area contributed by atoms with E-state index in [0.717, 1.165) is 0 Å². The molecule has 2 aromatic heterocycles. The molecular weight excluding hydrogens is 391 g/mol. The summed E-state index contributed by atoms with van der Waals surface area (Å²) in [7, 11) is -2.35. The zero-order valence-electron chi connectivity index (χ0n) is 16.0. The number of methoxy groups -OCH3 is 1. The molecule has 0 aliphatic rings. The lowest BCUT2D eigenvalue weighted by Gasteiger charge is -2.20. The quantitative estimate of drug-likeness (QED) is 0.307. The van der Waals surface area contributed by atoms with Gasteiger partial charge < -0.3 is 39.7 Å². The number of anilines is 2. The van der Waals surface area contributed by atoms with Crippen LogP contribution in [0.3, 0.4) is 0 Å². The van der Waals surface area contributed by atoms with Gasteiger partial charge in [0.15, 0.2) is 11.5 Å². The Morgan fingerprint density at radius 3 is 2.82 bits per heavy atom. The normalized spacial score (nSPS) is 15.0. The lowest BCUT2D eigenvalue weighted by atomic mass is 10.3. The Kier molecular flexibility index (Phi) is 8.55. The Labute approximate surface area is 162 Å². The Morgan fingerprint density at radius 2 is 2.11 bits per heavy atom. The number of fused-ring (bicyclic) bond motifs is 1. The van der Waals surface area contributed by atoms with E-state index in [9.17, 15) is 9.46 Å². The van der Waals surface area contributed by atoms with Gasteiger partial charge in [0.1, 0.15) is 11.9 Å². The smallest absolute Gasteiger partial charge is 0.353 e. The topological polar surface area (TPSA) is 170 Å². The van der Waals surface area contributed by atoms with E-state index in [-0.39, 0.29) is 31.5 Å². The molecule has 0 aromatic carbocycles. The SMILES string of the molecule is CCOCC(Cn1cnc2c(N)nc(N)nc21)OCP(=O)(O)OCCCOC. The number of hydrogen-bond acceptors (Lipinski definition) is 10. The van der Waals surface area contributed by atoms with Crippen LogP contribution in [0.15, 0.2) is 6.33 Å². The summed E-state index contributed by atoms with van der Waals surface area (Å²) in [5.41, 5.74) is 12.3. The van der Waals surface area contributed by atoms with Crippen LogP contribution in [-0.2, 0) is 29.8 Å². The van der Waals surface area contributed by atoms with Gasteiger partial charge in [-0.3, -0.25) is 4.57 Å². The summed E-state index contributed by atoms with van der Waals surface area (Å²) < 4.78 is 34.7. The van der Waals surface area contributed by atoms with Crippen molar-refractivity contribution in [2.24, 2.45) is 0 Å². The zero-order chi connectivity index (χ0) is 20.6. The predicted molar refractivity (Wildman–Crippen MR) is 103 cm³/mol. The third-order valence-corrected chi connectivity index (χ3v) is 4.74. The lowest BCUT2D eigenvalue weighted by Crippen LogP contribution is -2.26. The van der Waals surface area contributed by atoms with Gasteiger partial charge in [0.25, 0.3) is 0 Å². The molecule has 2 unspecified atom stereocenters. The second-order valence-electron chi connectivity index (χ2n) is 5.93. The van der Waals surface area contributed by atoms with Gasteiger partial charge in [-0.2, -0.15) is 9.97 Å². The number of nitrogens with zero attached hydrogens (tertiary/aromatic N) is 4. The highest BCUT2D eigenvalue weighted by molar-refractivity contribution is 7.52. The highest BCUT2D eigenvalue weighted by atomic mass is 31.2. The first-order chi connectivity index (χ1) is 13.4. The summed E-state index contributed by atoms with van der Waals surface area (Å²) in [6.07, 6.45) is 1.02. The van der Waals surface area contributed by atoms with Gasteiger partial charge in [-0.1, -0.05) is 0 Å². The summed E-state index contributed by atoms with van der Waals surface area (Å²) in [6, 6.07) is 0. The van der Waals surface area contributed by atoms with Crippen molar-refractivity contribution in [3.05, 3.63) is 6.33 Å². The van der Waals surface area contributed by atoms with Crippen molar-refractivity contribution in [1.29, 1.82) is 0 Å². The third-order valence-electron chi connectivity index (χ3n) is 3.68. The summed E-state index contributed by atoms with van der Waals surface area (Å²) >= 11 is 0. The van der Waals surface area contributed by atoms with Crippen LogP contribution in [0.4, 0.5) is 11.8 Å². The molecule has 0 amide bonds. The highest BCUT2D eigenvalue weighted by Crippen LogP contribution is 2.42. The van der Waals surface area contributed by atoms with Crippen molar-refractivity contribution in [2.45, 2.75) is 26.0 Å². The van der Waals surface area contributed by atoms with Gasteiger partial charge in [0.2, 0.25) is 5.95 Å².